The van der Waals surface area contributed by atoms with Gasteiger partial charge in [0.15, 0.2) is 0 Å². The first-order valence-corrected chi connectivity index (χ1v) is 5.25. The molecule has 0 bridgehead atoms. The maximum atomic E-state index is 6.14. The molecule has 0 saturated heterocycles. The van der Waals surface area contributed by atoms with Gasteiger partial charge in [-0.15, -0.1) is 6.58 Å². The summed E-state index contributed by atoms with van der Waals surface area (Å²) in [6.07, 6.45) is 5.78. The molecule has 0 radical (unpaired) electrons. The Labute approximate surface area is 89.8 Å². The Balaban J connectivity index is 2.33. The zero-order chi connectivity index (χ0) is 10.7. The second-order valence-corrected chi connectivity index (χ2v) is 3.76. The molecule has 1 aromatic carbocycles. The van der Waals surface area contributed by atoms with Crippen LogP contribution in [-0.2, 0) is 0 Å². The fraction of sp³-hybridized carbons (Fsp3) is 0.231. The number of hydrogen-bond donors (Lipinski definition) is 2. The minimum Gasteiger partial charge on any atom is -0.361 e. The minimum absolute atomic E-state index is 0.0995. The van der Waals surface area contributed by atoms with Crippen molar-refractivity contribution in [3.63, 3.8) is 0 Å². The molecule has 78 valence electrons. The van der Waals surface area contributed by atoms with Gasteiger partial charge in [-0.05, 0) is 30.5 Å². The molecule has 2 heteroatoms. The number of allylic oxidation sites excluding steroid dienone is 1. The van der Waals surface area contributed by atoms with Crippen molar-refractivity contribution in [2.75, 3.05) is 0 Å². The van der Waals surface area contributed by atoms with Gasteiger partial charge >= 0.3 is 0 Å². The lowest BCUT2D eigenvalue weighted by atomic mass is 9.99. The number of fused-ring (bicyclic) bond motifs is 1. The smallest absolute Gasteiger partial charge is 0.0457 e. The van der Waals surface area contributed by atoms with Gasteiger partial charge in [0, 0.05) is 23.1 Å². The van der Waals surface area contributed by atoms with E-state index in [-0.39, 0.29) is 6.04 Å². The van der Waals surface area contributed by atoms with Crippen molar-refractivity contribution in [3.8, 4) is 0 Å². The normalized spacial score (nSPS) is 12.9. The van der Waals surface area contributed by atoms with Crippen LogP contribution in [0, 0.1) is 0 Å². The molecule has 1 atom stereocenters. The van der Waals surface area contributed by atoms with Crippen LogP contribution in [0.25, 0.3) is 10.9 Å². The van der Waals surface area contributed by atoms with Gasteiger partial charge in [0.2, 0.25) is 0 Å². The standard InChI is InChI=1S/C13H16N2/c1-2-3-6-12(14)10-5-4-7-13-11(10)8-9-15-13/h2,4-5,7-9,12,15H,1,3,6,14H2/t12-/m0/s1. The van der Waals surface area contributed by atoms with Crippen molar-refractivity contribution in [1.82, 2.24) is 4.98 Å². The largest absolute Gasteiger partial charge is 0.361 e. The third-order valence-corrected chi connectivity index (χ3v) is 2.71. The summed E-state index contributed by atoms with van der Waals surface area (Å²) in [5.74, 6) is 0. The molecule has 15 heavy (non-hydrogen) atoms. The van der Waals surface area contributed by atoms with E-state index in [4.69, 9.17) is 5.73 Å². The van der Waals surface area contributed by atoms with Crippen LogP contribution in [0.15, 0.2) is 43.1 Å². The summed E-state index contributed by atoms with van der Waals surface area (Å²) in [6.45, 7) is 3.72. The zero-order valence-electron chi connectivity index (χ0n) is 8.74. The number of rotatable bonds is 4. The summed E-state index contributed by atoms with van der Waals surface area (Å²) in [5.41, 5.74) is 8.52. The van der Waals surface area contributed by atoms with Gasteiger partial charge in [-0.3, -0.25) is 0 Å². The van der Waals surface area contributed by atoms with E-state index in [1.165, 1.54) is 10.9 Å². The van der Waals surface area contributed by atoms with Crippen LogP contribution in [0.5, 0.6) is 0 Å². The topological polar surface area (TPSA) is 41.8 Å². The lowest BCUT2D eigenvalue weighted by Gasteiger charge is -2.11. The van der Waals surface area contributed by atoms with Crippen LogP contribution < -0.4 is 5.73 Å². The second kappa shape index (κ2) is 4.32. The van der Waals surface area contributed by atoms with E-state index in [1.807, 2.05) is 18.3 Å². The van der Waals surface area contributed by atoms with Gasteiger partial charge in [-0.1, -0.05) is 18.2 Å². The maximum absolute atomic E-state index is 6.14. The summed E-state index contributed by atoms with van der Waals surface area (Å²) >= 11 is 0. The van der Waals surface area contributed by atoms with E-state index in [9.17, 15) is 0 Å². The van der Waals surface area contributed by atoms with Crippen molar-refractivity contribution in [1.29, 1.82) is 0 Å². The van der Waals surface area contributed by atoms with Crippen LogP contribution >= 0.6 is 0 Å². The molecule has 0 fully saturated rings. The highest BCUT2D eigenvalue weighted by Crippen LogP contribution is 2.24. The lowest BCUT2D eigenvalue weighted by Crippen LogP contribution is -2.09. The van der Waals surface area contributed by atoms with Crippen LogP contribution in [0.2, 0.25) is 0 Å². The van der Waals surface area contributed by atoms with E-state index in [2.05, 4.69) is 29.8 Å². The average molecular weight is 200 g/mol. The fourth-order valence-electron chi connectivity index (χ4n) is 1.89. The molecule has 0 aliphatic carbocycles. The highest BCUT2D eigenvalue weighted by Gasteiger charge is 2.08. The molecule has 0 saturated carbocycles. The van der Waals surface area contributed by atoms with Crippen molar-refractivity contribution in [2.45, 2.75) is 18.9 Å². The Morgan fingerprint density at radius 1 is 1.40 bits per heavy atom. The first-order valence-electron chi connectivity index (χ1n) is 5.25. The van der Waals surface area contributed by atoms with Crippen molar-refractivity contribution in [3.05, 3.63) is 48.7 Å². The molecule has 3 N–H and O–H groups in total. The van der Waals surface area contributed by atoms with Crippen molar-refractivity contribution < 1.29 is 0 Å². The molecular weight excluding hydrogens is 184 g/mol. The van der Waals surface area contributed by atoms with Gasteiger partial charge in [0.05, 0.1) is 0 Å². The van der Waals surface area contributed by atoms with E-state index in [1.54, 1.807) is 0 Å². The van der Waals surface area contributed by atoms with Crippen LogP contribution in [-0.4, -0.2) is 4.98 Å². The molecule has 0 unspecified atom stereocenters. The SMILES string of the molecule is C=CCC[C@H](N)c1cccc2[nH]ccc12. The van der Waals surface area contributed by atoms with Gasteiger partial charge < -0.3 is 10.7 Å². The predicted octanol–water partition coefficient (Wildman–Crippen LogP) is 3.13. The molecule has 1 heterocycles. The Morgan fingerprint density at radius 2 is 2.27 bits per heavy atom. The summed E-state index contributed by atoms with van der Waals surface area (Å²) in [7, 11) is 0. The fourth-order valence-corrected chi connectivity index (χ4v) is 1.89. The van der Waals surface area contributed by atoms with Crippen molar-refractivity contribution >= 4 is 10.9 Å². The molecule has 2 rings (SSSR count). The molecule has 2 aromatic rings. The highest BCUT2D eigenvalue weighted by atomic mass is 14.7. The predicted molar refractivity (Wildman–Crippen MR) is 64.7 cm³/mol. The Bertz CT molecular complexity index is 456. The molecule has 0 aliphatic heterocycles. The number of nitrogens with two attached hydrogens (primary N) is 1. The van der Waals surface area contributed by atoms with E-state index < -0.39 is 0 Å². The second-order valence-electron chi connectivity index (χ2n) is 3.76. The first kappa shape index (κ1) is 9.99. The average Bonchev–Trinajstić information content (AvgIpc) is 2.73. The number of H-pyrrole nitrogens is 1. The molecular formula is C13H16N2. The number of aromatic amines is 1. The quantitative estimate of drug-likeness (QED) is 0.731. The highest BCUT2D eigenvalue weighted by molar-refractivity contribution is 5.83. The molecule has 1 aromatic heterocycles. The number of aromatic nitrogens is 1. The maximum Gasteiger partial charge on any atom is 0.0457 e. The Morgan fingerprint density at radius 3 is 3.07 bits per heavy atom. The van der Waals surface area contributed by atoms with Gasteiger partial charge in [-0.2, -0.15) is 0 Å². The third kappa shape index (κ3) is 1.95. The Hall–Kier alpha value is -1.54. The number of nitrogens with one attached hydrogen (secondary N) is 1. The Kier molecular flexibility index (Phi) is 2.88. The third-order valence-electron chi connectivity index (χ3n) is 2.71. The first-order chi connectivity index (χ1) is 7.33. The lowest BCUT2D eigenvalue weighted by molar-refractivity contribution is 0.666. The summed E-state index contributed by atoms with van der Waals surface area (Å²) < 4.78 is 0. The minimum atomic E-state index is 0.0995. The van der Waals surface area contributed by atoms with E-state index >= 15 is 0 Å². The summed E-state index contributed by atoms with van der Waals surface area (Å²) in [4.78, 5) is 3.20. The summed E-state index contributed by atoms with van der Waals surface area (Å²) in [5, 5.41) is 1.23. The van der Waals surface area contributed by atoms with E-state index in [0.717, 1.165) is 18.4 Å². The van der Waals surface area contributed by atoms with Gasteiger partial charge in [-0.25, -0.2) is 0 Å². The zero-order valence-corrected chi connectivity index (χ0v) is 8.74. The molecule has 0 aliphatic rings. The summed E-state index contributed by atoms with van der Waals surface area (Å²) in [6, 6.07) is 8.39. The molecule has 0 amide bonds. The van der Waals surface area contributed by atoms with Gasteiger partial charge in [0.1, 0.15) is 0 Å². The monoisotopic (exact) mass is 200 g/mol. The van der Waals surface area contributed by atoms with Gasteiger partial charge in [0.25, 0.3) is 0 Å². The van der Waals surface area contributed by atoms with Crippen LogP contribution in [0.1, 0.15) is 24.4 Å². The van der Waals surface area contributed by atoms with Crippen LogP contribution in [0.3, 0.4) is 0 Å². The van der Waals surface area contributed by atoms with Crippen molar-refractivity contribution in [2.24, 2.45) is 5.73 Å². The van der Waals surface area contributed by atoms with E-state index in [0.29, 0.717) is 0 Å². The van der Waals surface area contributed by atoms with Crippen LogP contribution in [0.4, 0.5) is 0 Å². The molecule has 2 nitrogen and oxygen atoms in total. The molecule has 0 spiro atoms. The number of hydrogen-bond acceptors (Lipinski definition) is 1. The number of benzene rings is 1.